The molecule has 0 aliphatic carbocycles. The number of rotatable bonds is 4. The molecule has 3 rings (SSSR count). The normalized spacial score (nSPS) is 19.6. The van der Waals surface area contributed by atoms with Crippen LogP contribution in [0.1, 0.15) is 24.2 Å². The predicted octanol–water partition coefficient (Wildman–Crippen LogP) is 3.12. The van der Waals surface area contributed by atoms with Crippen molar-refractivity contribution in [3.63, 3.8) is 0 Å². The first-order valence-electron chi connectivity index (χ1n) is 7.71. The molecule has 0 spiro atoms. The van der Waals surface area contributed by atoms with Gasteiger partial charge >= 0.3 is 5.97 Å². The maximum atomic E-state index is 11.4. The molecule has 0 N–H and O–H groups in total. The van der Waals surface area contributed by atoms with Crippen molar-refractivity contribution in [2.75, 3.05) is 7.11 Å². The summed E-state index contributed by atoms with van der Waals surface area (Å²) in [6.45, 7) is 1.37. The molecule has 2 aromatic rings. The number of ether oxygens (including phenoxy) is 3. The maximum Gasteiger partial charge on any atom is 0.303 e. The fraction of sp³-hybridized carbons (Fsp3) is 0.250. The molecule has 0 amide bonds. The van der Waals surface area contributed by atoms with Crippen molar-refractivity contribution in [2.24, 2.45) is 0 Å². The molecular weight excluding hydrogens is 304 g/mol. The van der Waals surface area contributed by atoms with Gasteiger partial charge in [-0.1, -0.05) is 54.3 Å². The van der Waals surface area contributed by atoms with Crippen LogP contribution in [-0.2, 0) is 14.3 Å². The van der Waals surface area contributed by atoms with Gasteiger partial charge in [-0.2, -0.15) is 0 Å². The molecule has 0 saturated carbocycles. The summed E-state index contributed by atoms with van der Waals surface area (Å²) in [7, 11) is 1.60. The molecule has 3 unspecified atom stereocenters. The van der Waals surface area contributed by atoms with Gasteiger partial charge in [0.25, 0.3) is 0 Å². The fourth-order valence-corrected chi connectivity index (χ4v) is 2.52. The topological polar surface area (TPSA) is 48.1 Å². The molecule has 0 bridgehead atoms. The average molecular weight is 322 g/mol. The monoisotopic (exact) mass is 322 g/mol. The van der Waals surface area contributed by atoms with Gasteiger partial charge in [0.15, 0.2) is 6.10 Å². The minimum absolute atomic E-state index is 0.0949. The molecule has 1 aliphatic rings. The van der Waals surface area contributed by atoms with Gasteiger partial charge in [-0.3, -0.25) is 4.79 Å². The molecule has 1 saturated heterocycles. The van der Waals surface area contributed by atoms with Crippen LogP contribution in [0.4, 0.5) is 0 Å². The third-order valence-electron chi connectivity index (χ3n) is 3.70. The first kappa shape index (κ1) is 16.1. The van der Waals surface area contributed by atoms with Crippen LogP contribution in [0.2, 0.25) is 0 Å². The number of hydrogen-bond acceptors (Lipinski definition) is 4. The van der Waals surface area contributed by atoms with E-state index < -0.39 is 6.10 Å². The van der Waals surface area contributed by atoms with E-state index in [4.69, 9.17) is 14.2 Å². The van der Waals surface area contributed by atoms with Crippen molar-refractivity contribution >= 4 is 5.97 Å². The van der Waals surface area contributed by atoms with Crippen LogP contribution in [-0.4, -0.2) is 25.3 Å². The molecule has 24 heavy (non-hydrogen) atoms. The zero-order valence-electron chi connectivity index (χ0n) is 13.6. The largest absolute Gasteiger partial charge is 0.495 e. The van der Waals surface area contributed by atoms with E-state index in [1.807, 2.05) is 54.6 Å². The fourth-order valence-electron chi connectivity index (χ4n) is 2.52. The number of benzene rings is 2. The van der Waals surface area contributed by atoms with Crippen molar-refractivity contribution < 1.29 is 19.0 Å². The molecule has 1 fully saturated rings. The smallest absolute Gasteiger partial charge is 0.303 e. The van der Waals surface area contributed by atoms with Crippen molar-refractivity contribution in [1.29, 1.82) is 0 Å². The average Bonchev–Trinajstić information content (AvgIpc) is 3.40. The van der Waals surface area contributed by atoms with Gasteiger partial charge in [0.05, 0.1) is 12.7 Å². The standard InChI is InChI=1S/C20H18O4/c1-14(21)23-18(13-12-15-8-6-7-11-17(15)22-2)20-19(24-20)16-9-4-3-5-10-16/h3-11,18-20H,1-2H3. The second-order valence-electron chi connectivity index (χ2n) is 5.43. The van der Waals surface area contributed by atoms with Gasteiger partial charge in [0, 0.05) is 6.92 Å². The number of para-hydroxylation sites is 1. The Morgan fingerprint density at radius 1 is 1.12 bits per heavy atom. The Bertz CT molecular complexity index is 773. The molecule has 1 aliphatic heterocycles. The van der Waals surface area contributed by atoms with E-state index in [0.717, 1.165) is 11.1 Å². The van der Waals surface area contributed by atoms with E-state index in [0.29, 0.717) is 5.75 Å². The lowest BCUT2D eigenvalue weighted by Crippen LogP contribution is -2.21. The highest BCUT2D eigenvalue weighted by atomic mass is 16.6. The molecular formula is C20H18O4. The summed E-state index contributed by atoms with van der Waals surface area (Å²) >= 11 is 0. The van der Waals surface area contributed by atoms with E-state index in [1.165, 1.54) is 6.92 Å². The first-order valence-corrected chi connectivity index (χ1v) is 7.71. The Morgan fingerprint density at radius 3 is 2.54 bits per heavy atom. The Kier molecular flexibility index (Phi) is 4.83. The third kappa shape index (κ3) is 3.76. The SMILES string of the molecule is COc1ccccc1C#CC(OC(C)=O)C1OC1c1ccccc1. The molecule has 4 nitrogen and oxygen atoms in total. The lowest BCUT2D eigenvalue weighted by atomic mass is 10.1. The third-order valence-corrected chi connectivity index (χ3v) is 3.70. The van der Waals surface area contributed by atoms with Gasteiger partial charge in [0.2, 0.25) is 0 Å². The van der Waals surface area contributed by atoms with Crippen molar-refractivity contribution in [3.05, 3.63) is 65.7 Å². The zero-order chi connectivity index (χ0) is 16.9. The molecule has 122 valence electrons. The Balaban J connectivity index is 1.79. The van der Waals surface area contributed by atoms with Crippen LogP contribution < -0.4 is 4.74 Å². The number of carbonyl (C=O) groups is 1. The van der Waals surface area contributed by atoms with Crippen molar-refractivity contribution in [1.82, 2.24) is 0 Å². The Morgan fingerprint density at radius 2 is 1.83 bits per heavy atom. The molecule has 2 aromatic carbocycles. The van der Waals surface area contributed by atoms with Gasteiger partial charge in [0.1, 0.15) is 18.0 Å². The Labute approximate surface area is 141 Å². The van der Waals surface area contributed by atoms with Crippen molar-refractivity contribution in [3.8, 4) is 17.6 Å². The lowest BCUT2D eigenvalue weighted by molar-refractivity contribution is -0.144. The molecule has 3 atom stereocenters. The van der Waals surface area contributed by atoms with Gasteiger partial charge in [-0.15, -0.1) is 0 Å². The molecule has 4 heteroatoms. The van der Waals surface area contributed by atoms with Crippen LogP contribution in [0.3, 0.4) is 0 Å². The van der Waals surface area contributed by atoms with Gasteiger partial charge in [-0.25, -0.2) is 0 Å². The number of methoxy groups -OCH3 is 1. The van der Waals surface area contributed by atoms with Gasteiger partial charge in [-0.05, 0) is 17.7 Å². The predicted molar refractivity (Wildman–Crippen MR) is 89.5 cm³/mol. The Hall–Kier alpha value is -2.77. The molecule has 0 aromatic heterocycles. The van der Waals surface area contributed by atoms with E-state index >= 15 is 0 Å². The highest BCUT2D eigenvalue weighted by Crippen LogP contribution is 2.41. The summed E-state index contributed by atoms with van der Waals surface area (Å²) < 4.78 is 16.3. The van der Waals surface area contributed by atoms with E-state index in [9.17, 15) is 4.79 Å². The number of epoxide rings is 1. The second-order valence-corrected chi connectivity index (χ2v) is 5.43. The van der Waals surface area contributed by atoms with E-state index in [-0.39, 0.29) is 18.2 Å². The minimum Gasteiger partial charge on any atom is -0.495 e. The van der Waals surface area contributed by atoms with Crippen LogP contribution in [0.15, 0.2) is 54.6 Å². The summed E-state index contributed by atoms with van der Waals surface area (Å²) in [4.78, 5) is 11.4. The van der Waals surface area contributed by atoms with Crippen LogP contribution >= 0.6 is 0 Å². The summed E-state index contributed by atoms with van der Waals surface area (Å²) in [6.07, 6.45) is -0.960. The summed E-state index contributed by atoms with van der Waals surface area (Å²) in [5.74, 6) is 6.34. The van der Waals surface area contributed by atoms with Gasteiger partial charge < -0.3 is 14.2 Å². The minimum atomic E-state index is -0.613. The number of esters is 1. The number of hydrogen-bond donors (Lipinski definition) is 0. The van der Waals surface area contributed by atoms with Crippen LogP contribution in [0, 0.1) is 11.8 Å². The van der Waals surface area contributed by atoms with E-state index in [2.05, 4.69) is 11.8 Å². The summed E-state index contributed by atoms with van der Waals surface area (Å²) in [6, 6.07) is 17.3. The summed E-state index contributed by atoms with van der Waals surface area (Å²) in [5.41, 5.74) is 1.80. The summed E-state index contributed by atoms with van der Waals surface area (Å²) in [5, 5.41) is 0. The molecule has 0 radical (unpaired) electrons. The van der Waals surface area contributed by atoms with Crippen LogP contribution in [0.25, 0.3) is 0 Å². The lowest BCUT2D eigenvalue weighted by Gasteiger charge is -2.08. The van der Waals surface area contributed by atoms with Crippen molar-refractivity contribution in [2.45, 2.75) is 25.2 Å². The number of carbonyl (C=O) groups excluding carboxylic acids is 1. The highest BCUT2D eigenvalue weighted by Gasteiger charge is 2.47. The highest BCUT2D eigenvalue weighted by molar-refractivity contribution is 5.66. The zero-order valence-corrected chi connectivity index (χ0v) is 13.6. The molecule has 1 heterocycles. The first-order chi connectivity index (χ1) is 11.7. The maximum absolute atomic E-state index is 11.4. The quantitative estimate of drug-likeness (QED) is 0.493. The van der Waals surface area contributed by atoms with E-state index in [1.54, 1.807) is 7.11 Å². The second kappa shape index (κ2) is 7.20. The van der Waals surface area contributed by atoms with Crippen LogP contribution in [0.5, 0.6) is 5.75 Å².